The van der Waals surface area contributed by atoms with E-state index in [-0.39, 0.29) is 0 Å². The van der Waals surface area contributed by atoms with Crippen molar-refractivity contribution in [3.05, 3.63) is 48.3 Å². The highest BCUT2D eigenvalue weighted by Crippen LogP contribution is 2.25. The zero-order valence-electron chi connectivity index (χ0n) is 13.9. The molecule has 1 fully saturated rings. The minimum Gasteiger partial charge on any atom is -0.366 e. The molecule has 2 aromatic heterocycles. The van der Waals surface area contributed by atoms with Crippen LogP contribution in [0.4, 0.5) is 5.82 Å². The van der Waals surface area contributed by atoms with Gasteiger partial charge in [-0.2, -0.15) is 0 Å². The zero-order chi connectivity index (χ0) is 17.2. The van der Waals surface area contributed by atoms with Crippen molar-refractivity contribution < 1.29 is 4.79 Å². The number of anilines is 1. The lowest BCUT2D eigenvalue weighted by molar-refractivity contribution is 0.100. The average Bonchev–Trinajstić information content (AvgIpc) is 2.68. The Bertz CT molecular complexity index is 934. The van der Waals surface area contributed by atoms with E-state index in [2.05, 4.69) is 19.9 Å². The normalized spacial score (nSPS) is 14.6. The van der Waals surface area contributed by atoms with Crippen LogP contribution in [0.1, 0.15) is 29.6 Å². The second-order valence-electron chi connectivity index (χ2n) is 6.24. The van der Waals surface area contributed by atoms with Crippen LogP contribution in [0.3, 0.4) is 0 Å². The Morgan fingerprint density at radius 2 is 1.92 bits per heavy atom. The van der Waals surface area contributed by atoms with E-state index in [9.17, 15) is 4.79 Å². The number of nitrogens with zero attached hydrogens (tertiary/aromatic N) is 4. The molecule has 1 aliphatic rings. The second-order valence-corrected chi connectivity index (χ2v) is 6.24. The number of primary amides is 1. The van der Waals surface area contributed by atoms with Crippen LogP contribution in [-0.4, -0.2) is 33.9 Å². The first-order chi connectivity index (χ1) is 12.2. The maximum absolute atomic E-state index is 11.7. The smallest absolute Gasteiger partial charge is 0.250 e. The quantitative estimate of drug-likeness (QED) is 0.796. The lowest BCUT2D eigenvalue weighted by Crippen LogP contribution is -2.30. The first kappa shape index (κ1) is 15.5. The standard InChI is InChI=1S/C19H19N5O/c20-19(25)14-5-4-6-15-18(14)23-16(12-22-15)13-7-8-21-17(11-13)24-9-2-1-3-10-24/h4-8,11-12H,1-3,9-10H2,(H2,20,25). The molecule has 0 spiro atoms. The zero-order valence-corrected chi connectivity index (χ0v) is 13.9. The monoisotopic (exact) mass is 333 g/mol. The van der Waals surface area contributed by atoms with Gasteiger partial charge >= 0.3 is 0 Å². The molecule has 0 radical (unpaired) electrons. The highest BCUT2D eigenvalue weighted by atomic mass is 16.1. The van der Waals surface area contributed by atoms with Crippen LogP contribution in [0.25, 0.3) is 22.3 Å². The molecule has 3 aromatic rings. The topological polar surface area (TPSA) is 85.0 Å². The number of aromatic nitrogens is 3. The minimum absolute atomic E-state index is 0.386. The van der Waals surface area contributed by atoms with Gasteiger partial charge in [0, 0.05) is 24.8 Å². The minimum atomic E-state index is -0.499. The summed E-state index contributed by atoms with van der Waals surface area (Å²) in [6.45, 7) is 2.07. The van der Waals surface area contributed by atoms with Crippen LogP contribution >= 0.6 is 0 Å². The molecule has 1 aliphatic heterocycles. The molecule has 1 aromatic carbocycles. The van der Waals surface area contributed by atoms with E-state index in [4.69, 9.17) is 5.73 Å². The Labute approximate surface area is 145 Å². The van der Waals surface area contributed by atoms with Gasteiger partial charge in [-0.25, -0.2) is 9.97 Å². The predicted octanol–water partition coefficient (Wildman–Crippen LogP) is 2.78. The summed E-state index contributed by atoms with van der Waals surface area (Å²) in [5, 5.41) is 0. The average molecular weight is 333 g/mol. The molecule has 1 amide bonds. The summed E-state index contributed by atoms with van der Waals surface area (Å²) in [5.41, 5.74) is 8.69. The van der Waals surface area contributed by atoms with Crippen molar-refractivity contribution in [3.63, 3.8) is 0 Å². The number of nitrogens with two attached hydrogens (primary N) is 1. The van der Waals surface area contributed by atoms with Crippen molar-refractivity contribution in [1.29, 1.82) is 0 Å². The van der Waals surface area contributed by atoms with Gasteiger partial charge in [0.25, 0.3) is 5.91 Å². The molecule has 1 saturated heterocycles. The molecule has 4 rings (SSSR count). The summed E-state index contributed by atoms with van der Waals surface area (Å²) < 4.78 is 0. The van der Waals surface area contributed by atoms with Gasteiger partial charge in [-0.3, -0.25) is 9.78 Å². The predicted molar refractivity (Wildman–Crippen MR) is 97.4 cm³/mol. The van der Waals surface area contributed by atoms with Gasteiger partial charge in [0.2, 0.25) is 0 Å². The molecule has 0 atom stereocenters. The third-order valence-electron chi connectivity index (χ3n) is 4.56. The molecule has 0 unspecified atom stereocenters. The lowest BCUT2D eigenvalue weighted by atomic mass is 10.1. The molecule has 126 valence electrons. The van der Waals surface area contributed by atoms with Crippen LogP contribution in [-0.2, 0) is 0 Å². The molecule has 2 N–H and O–H groups in total. The molecule has 25 heavy (non-hydrogen) atoms. The molecule has 6 heteroatoms. The molecule has 0 bridgehead atoms. The summed E-state index contributed by atoms with van der Waals surface area (Å²) >= 11 is 0. The van der Waals surface area contributed by atoms with Gasteiger partial charge in [-0.1, -0.05) is 6.07 Å². The van der Waals surface area contributed by atoms with Crippen molar-refractivity contribution in [2.24, 2.45) is 5.73 Å². The van der Waals surface area contributed by atoms with Gasteiger partial charge in [-0.15, -0.1) is 0 Å². The van der Waals surface area contributed by atoms with Gasteiger partial charge in [0.1, 0.15) is 11.3 Å². The Kier molecular flexibility index (Phi) is 4.01. The number of hydrogen-bond acceptors (Lipinski definition) is 5. The molecule has 6 nitrogen and oxygen atoms in total. The van der Waals surface area contributed by atoms with Gasteiger partial charge in [0.15, 0.2) is 0 Å². The highest BCUT2D eigenvalue weighted by molar-refractivity contribution is 6.04. The van der Waals surface area contributed by atoms with E-state index in [0.717, 1.165) is 24.5 Å². The van der Waals surface area contributed by atoms with Gasteiger partial charge < -0.3 is 10.6 Å². The Hall–Kier alpha value is -3.02. The summed E-state index contributed by atoms with van der Waals surface area (Å²) in [4.78, 5) is 27.5. The number of amides is 1. The SMILES string of the molecule is NC(=O)c1cccc2ncc(-c3ccnc(N4CCCCC4)c3)nc12. The van der Waals surface area contributed by atoms with Crippen LogP contribution in [0, 0.1) is 0 Å². The van der Waals surface area contributed by atoms with Crippen LogP contribution in [0.5, 0.6) is 0 Å². The van der Waals surface area contributed by atoms with E-state index in [1.807, 2.05) is 18.2 Å². The van der Waals surface area contributed by atoms with Gasteiger partial charge in [-0.05, 0) is 43.5 Å². The number of carbonyl (C=O) groups is 1. The first-order valence-electron chi connectivity index (χ1n) is 8.49. The van der Waals surface area contributed by atoms with Crippen LogP contribution in [0.15, 0.2) is 42.7 Å². The summed E-state index contributed by atoms with van der Waals surface area (Å²) in [5.74, 6) is 0.461. The van der Waals surface area contributed by atoms with E-state index in [1.165, 1.54) is 19.3 Å². The third-order valence-corrected chi connectivity index (χ3v) is 4.56. The van der Waals surface area contributed by atoms with Crippen molar-refractivity contribution in [2.45, 2.75) is 19.3 Å². The summed E-state index contributed by atoms with van der Waals surface area (Å²) in [6, 6.07) is 9.21. The van der Waals surface area contributed by atoms with E-state index in [0.29, 0.717) is 22.3 Å². The van der Waals surface area contributed by atoms with Crippen molar-refractivity contribution in [3.8, 4) is 11.3 Å². The number of rotatable bonds is 3. The van der Waals surface area contributed by atoms with Crippen LogP contribution in [0.2, 0.25) is 0 Å². The summed E-state index contributed by atoms with van der Waals surface area (Å²) in [7, 11) is 0. The first-order valence-corrected chi connectivity index (χ1v) is 8.49. The number of piperidine rings is 1. The van der Waals surface area contributed by atoms with Crippen LogP contribution < -0.4 is 10.6 Å². The number of hydrogen-bond donors (Lipinski definition) is 1. The Balaban J connectivity index is 1.76. The molecular weight excluding hydrogens is 314 g/mol. The fourth-order valence-corrected chi connectivity index (χ4v) is 3.24. The maximum atomic E-state index is 11.7. The third kappa shape index (κ3) is 3.03. The van der Waals surface area contributed by atoms with E-state index in [1.54, 1.807) is 24.5 Å². The summed E-state index contributed by atoms with van der Waals surface area (Å²) in [6.07, 6.45) is 7.20. The fourth-order valence-electron chi connectivity index (χ4n) is 3.24. The molecule has 0 aliphatic carbocycles. The second kappa shape index (κ2) is 6.47. The molecule has 0 saturated carbocycles. The van der Waals surface area contributed by atoms with Crippen molar-refractivity contribution in [1.82, 2.24) is 15.0 Å². The molecule has 3 heterocycles. The van der Waals surface area contributed by atoms with E-state index < -0.39 is 5.91 Å². The fraction of sp³-hybridized carbons (Fsp3) is 0.263. The maximum Gasteiger partial charge on any atom is 0.250 e. The van der Waals surface area contributed by atoms with E-state index >= 15 is 0 Å². The van der Waals surface area contributed by atoms with Gasteiger partial charge in [0.05, 0.1) is 23.0 Å². The number of para-hydroxylation sites is 1. The Morgan fingerprint density at radius 1 is 1.08 bits per heavy atom. The number of benzene rings is 1. The Morgan fingerprint density at radius 3 is 2.72 bits per heavy atom. The molecular formula is C19H19N5O. The number of fused-ring (bicyclic) bond motifs is 1. The number of pyridine rings is 1. The van der Waals surface area contributed by atoms with Crippen molar-refractivity contribution in [2.75, 3.05) is 18.0 Å². The highest BCUT2D eigenvalue weighted by Gasteiger charge is 2.14. The lowest BCUT2D eigenvalue weighted by Gasteiger charge is -2.27. The largest absolute Gasteiger partial charge is 0.366 e. The van der Waals surface area contributed by atoms with Crippen molar-refractivity contribution >= 4 is 22.8 Å². The number of carbonyl (C=O) groups excluding carboxylic acids is 1.